The maximum absolute atomic E-state index is 13.0. The molecular weight excluding hydrogens is 413 g/mol. The Balaban J connectivity index is 1.32. The van der Waals surface area contributed by atoms with Crippen LogP contribution in [0.25, 0.3) is 17.0 Å². The summed E-state index contributed by atoms with van der Waals surface area (Å²) in [6.45, 7) is 1.74. The van der Waals surface area contributed by atoms with Crippen molar-refractivity contribution in [3.8, 4) is 0 Å². The SMILES string of the molecule is O[C@H](c1ccnc2ccccc12)C1CC2CCN1CC2/C=C/c1cccc(C(F)(F)F)c1. The smallest absolute Gasteiger partial charge is 0.387 e. The summed E-state index contributed by atoms with van der Waals surface area (Å²) in [6.07, 6.45) is 2.59. The van der Waals surface area contributed by atoms with Crippen LogP contribution in [-0.4, -0.2) is 34.1 Å². The van der Waals surface area contributed by atoms with E-state index in [9.17, 15) is 18.3 Å². The third kappa shape index (κ3) is 4.05. The Morgan fingerprint density at radius 2 is 1.94 bits per heavy atom. The Labute approximate surface area is 185 Å². The number of benzene rings is 2. The number of halogens is 3. The zero-order valence-electron chi connectivity index (χ0n) is 17.5. The number of piperidine rings is 3. The largest absolute Gasteiger partial charge is 0.416 e. The number of aliphatic hydroxyl groups excluding tert-OH is 1. The van der Waals surface area contributed by atoms with E-state index in [1.54, 1.807) is 12.3 Å². The number of hydrogen-bond donors (Lipinski definition) is 1. The van der Waals surface area contributed by atoms with Crippen molar-refractivity contribution in [2.24, 2.45) is 11.8 Å². The van der Waals surface area contributed by atoms with Crippen molar-refractivity contribution < 1.29 is 18.3 Å². The van der Waals surface area contributed by atoms with Gasteiger partial charge >= 0.3 is 6.18 Å². The highest BCUT2D eigenvalue weighted by Gasteiger charge is 2.42. The second-order valence-electron chi connectivity index (χ2n) is 8.86. The van der Waals surface area contributed by atoms with Gasteiger partial charge in [0.25, 0.3) is 0 Å². The maximum atomic E-state index is 13.0. The third-order valence-electron chi connectivity index (χ3n) is 6.97. The molecular formula is C26H25F3N2O. The van der Waals surface area contributed by atoms with E-state index in [1.807, 2.05) is 36.4 Å². The van der Waals surface area contributed by atoms with E-state index in [2.05, 4.69) is 16.0 Å². The number of pyridine rings is 1. The van der Waals surface area contributed by atoms with Gasteiger partial charge in [-0.3, -0.25) is 9.88 Å². The normalized spacial score (nSPS) is 26.6. The molecule has 3 fully saturated rings. The number of para-hydroxylation sites is 1. The minimum Gasteiger partial charge on any atom is -0.387 e. The second-order valence-corrected chi connectivity index (χ2v) is 8.86. The maximum Gasteiger partial charge on any atom is 0.416 e. The Hall–Kier alpha value is -2.70. The summed E-state index contributed by atoms with van der Waals surface area (Å²) < 4.78 is 38.9. The van der Waals surface area contributed by atoms with Crippen LogP contribution < -0.4 is 0 Å². The summed E-state index contributed by atoms with van der Waals surface area (Å²) in [5.74, 6) is 0.686. The first-order valence-electron chi connectivity index (χ1n) is 11.0. The number of hydrogen-bond acceptors (Lipinski definition) is 3. The minimum absolute atomic E-state index is 0.0396. The molecule has 4 unspecified atom stereocenters. The van der Waals surface area contributed by atoms with Crippen LogP contribution in [0.5, 0.6) is 0 Å². The van der Waals surface area contributed by atoms with Crippen molar-refractivity contribution in [1.29, 1.82) is 0 Å². The fourth-order valence-corrected chi connectivity index (χ4v) is 5.29. The van der Waals surface area contributed by atoms with Crippen LogP contribution in [0.15, 0.2) is 66.9 Å². The van der Waals surface area contributed by atoms with Gasteiger partial charge in [0.05, 0.1) is 17.2 Å². The first kappa shape index (κ1) is 21.2. The second kappa shape index (κ2) is 8.34. The zero-order valence-corrected chi connectivity index (χ0v) is 17.5. The Morgan fingerprint density at radius 1 is 1.09 bits per heavy atom. The summed E-state index contributed by atoms with van der Waals surface area (Å²) in [4.78, 5) is 6.73. The number of rotatable bonds is 4. The van der Waals surface area contributed by atoms with Gasteiger partial charge < -0.3 is 5.11 Å². The van der Waals surface area contributed by atoms with Gasteiger partial charge in [-0.05, 0) is 66.6 Å². The van der Waals surface area contributed by atoms with Crippen LogP contribution >= 0.6 is 0 Å². The standard InChI is InChI=1S/C26H25F3N2O/c27-26(28,29)20-5-3-4-17(14-20)8-9-19-16-31-13-11-18(19)15-24(31)25(32)22-10-12-30-23-7-2-1-6-21(22)23/h1-10,12,14,18-19,24-25,32H,11,13,15-16H2/b9-8+/t18?,19?,24?,25-/m1/s1. The van der Waals surface area contributed by atoms with E-state index in [0.717, 1.165) is 48.5 Å². The lowest BCUT2D eigenvalue weighted by atomic mass is 9.73. The molecule has 3 nitrogen and oxygen atoms in total. The van der Waals surface area contributed by atoms with Gasteiger partial charge in [-0.15, -0.1) is 0 Å². The van der Waals surface area contributed by atoms with Gasteiger partial charge in [0.1, 0.15) is 0 Å². The van der Waals surface area contributed by atoms with E-state index in [-0.39, 0.29) is 12.0 Å². The molecule has 4 heterocycles. The summed E-state index contributed by atoms with van der Waals surface area (Å²) >= 11 is 0. The Morgan fingerprint density at radius 3 is 2.72 bits per heavy atom. The van der Waals surface area contributed by atoms with E-state index >= 15 is 0 Å². The molecule has 166 valence electrons. The van der Waals surface area contributed by atoms with Gasteiger partial charge in [0, 0.05) is 24.2 Å². The molecule has 1 N–H and O–H groups in total. The first-order valence-corrected chi connectivity index (χ1v) is 11.0. The van der Waals surface area contributed by atoms with Crippen LogP contribution in [-0.2, 0) is 6.18 Å². The zero-order chi connectivity index (χ0) is 22.3. The third-order valence-corrected chi connectivity index (χ3v) is 6.97. The summed E-state index contributed by atoms with van der Waals surface area (Å²) in [5.41, 5.74) is 1.73. The molecule has 1 aromatic heterocycles. The van der Waals surface area contributed by atoms with Crippen LogP contribution in [0.2, 0.25) is 0 Å². The lowest BCUT2D eigenvalue weighted by Gasteiger charge is -2.50. The predicted molar refractivity (Wildman–Crippen MR) is 119 cm³/mol. The average Bonchev–Trinajstić information content (AvgIpc) is 2.82. The van der Waals surface area contributed by atoms with Gasteiger partial charge in [-0.1, -0.05) is 42.5 Å². The van der Waals surface area contributed by atoms with Crippen molar-refractivity contribution in [2.45, 2.75) is 31.2 Å². The molecule has 0 radical (unpaired) electrons. The number of fused-ring (bicyclic) bond motifs is 4. The highest BCUT2D eigenvalue weighted by Crippen LogP contribution is 2.42. The molecule has 5 atom stereocenters. The van der Waals surface area contributed by atoms with Crippen molar-refractivity contribution in [3.05, 3.63) is 83.6 Å². The van der Waals surface area contributed by atoms with Crippen LogP contribution in [0, 0.1) is 11.8 Å². The summed E-state index contributed by atoms with van der Waals surface area (Å²) in [5, 5.41) is 12.3. The highest BCUT2D eigenvalue weighted by atomic mass is 19.4. The topological polar surface area (TPSA) is 36.4 Å². The molecule has 3 aromatic rings. The molecule has 6 rings (SSSR count). The van der Waals surface area contributed by atoms with Crippen molar-refractivity contribution in [3.63, 3.8) is 0 Å². The number of aliphatic hydroxyl groups is 1. The number of nitrogens with zero attached hydrogens (tertiary/aromatic N) is 2. The molecule has 3 saturated heterocycles. The van der Waals surface area contributed by atoms with E-state index in [0.29, 0.717) is 11.5 Å². The van der Waals surface area contributed by atoms with Gasteiger partial charge in [-0.2, -0.15) is 13.2 Å². The fourth-order valence-electron chi connectivity index (χ4n) is 5.29. The average molecular weight is 438 g/mol. The van der Waals surface area contributed by atoms with Crippen LogP contribution in [0.1, 0.15) is 35.6 Å². The summed E-state index contributed by atoms with van der Waals surface area (Å²) in [6, 6.07) is 15.2. The van der Waals surface area contributed by atoms with Crippen LogP contribution in [0.3, 0.4) is 0 Å². The molecule has 6 heteroatoms. The lowest BCUT2D eigenvalue weighted by Crippen LogP contribution is -2.54. The van der Waals surface area contributed by atoms with E-state index in [4.69, 9.17) is 0 Å². The highest BCUT2D eigenvalue weighted by molar-refractivity contribution is 5.82. The molecule has 2 bridgehead atoms. The molecule has 0 spiro atoms. The Kier molecular flexibility index (Phi) is 5.51. The molecule has 32 heavy (non-hydrogen) atoms. The fraction of sp³-hybridized carbons (Fsp3) is 0.346. The predicted octanol–water partition coefficient (Wildman–Crippen LogP) is 5.71. The Bertz CT molecular complexity index is 1140. The van der Waals surface area contributed by atoms with Crippen LogP contribution in [0.4, 0.5) is 13.2 Å². The van der Waals surface area contributed by atoms with Crippen molar-refractivity contribution in [1.82, 2.24) is 9.88 Å². The van der Waals surface area contributed by atoms with E-state index in [1.165, 1.54) is 12.1 Å². The van der Waals surface area contributed by atoms with Crippen molar-refractivity contribution >= 4 is 17.0 Å². The lowest BCUT2D eigenvalue weighted by molar-refractivity contribution is -0.137. The molecule has 2 aromatic carbocycles. The van der Waals surface area contributed by atoms with Gasteiger partial charge in [-0.25, -0.2) is 0 Å². The number of aromatic nitrogens is 1. The first-order chi connectivity index (χ1) is 15.4. The van der Waals surface area contributed by atoms with E-state index < -0.39 is 17.8 Å². The summed E-state index contributed by atoms with van der Waals surface area (Å²) in [7, 11) is 0. The molecule has 3 aliphatic heterocycles. The monoisotopic (exact) mass is 438 g/mol. The molecule has 0 saturated carbocycles. The quantitative estimate of drug-likeness (QED) is 0.567. The molecule has 0 amide bonds. The minimum atomic E-state index is -4.33. The van der Waals surface area contributed by atoms with Gasteiger partial charge in [0.15, 0.2) is 0 Å². The molecule has 0 aliphatic carbocycles. The number of alkyl halides is 3. The van der Waals surface area contributed by atoms with Gasteiger partial charge in [0.2, 0.25) is 0 Å². The van der Waals surface area contributed by atoms with Crippen molar-refractivity contribution in [2.75, 3.05) is 13.1 Å². The molecule has 3 aliphatic rings.